The highest BCUT2D eigenvalue weighted by molar-refractivity contribution is 8.00. The number of nitrogens with zero attached hydrogens (tertiary/aromatic N) is 3. The van der Waals surface area contributed by atoms with Crippen LogP contribution in [0, 0.1) is 5.41 Å². The first-order chi connectivity index (χ1) is 8.73. The largest absolute Gasteiger partial charge is 0.465 e. The molecule has 0 aliphatic rings. The van der Waals surface area contributed by atoms with Crippen LogP contribution in [0.4, 0.5) is 0 Å². The van der Waals surface area contributed by atoms with Crippen molar-refractivity contribution in [3.05, 3.63) is 10.4 Å². The first-order valence-corrected chi connectivity index (χ1v) is 7.12. The summed E-state index contributed by atoms with van der Waals surface area (Å²) in [7, 11) is 0. The first kappa shape index (κ1) is 17.8. The fourth-order valence-corrected chi connectivity index (χ4v) is 2.48. The lowest BCUT2D eigenvalue weighted by atomic mass is 9.86. The molecule has 1 amide bonds. The van der Waals surface area contributed by atoms with E-state index in [1.807, 2.05) is 20.8 Å². The lowest BCUT2D eigenvalue weighted by Crippen LogP contribution is -2.42. The van der Waals surface area contributed by atoms with Crippen LogP contribution in [0.5, 0.6) is 0 Å². The molecule has 0 aromatic rings. The summed E-state index contributed by atoms with van der Waals surface area (Å²) in [4.78, 5) is 26.6. The lowest BCUT2D eigenvalue weighted by Gasteiger charge is -2.29. The Hall–Kier alpha value is -1.20. The molecule has 1 unspecified atom stereocenters. The summed E-state index contributed by atoms with van der Waals surface area (Å²) in [6, 6.07) is 0. The van der Waals surface area contributed by atoms with Gasteiger partial charge in [0, 0.05) is 15.4 Å². The molecule has 0 aromatic heterocycles. The smallest absolute Gasteiger partial charge is 0.320 e. The minimum absolute atomic E-state index is 0.108. The number of carbonyl (C=O) groups excluding carboxylic acids is 2. The van der Waals surface area contributed by atoms with Crippen LogP contribution in [0.3, 0.4) is 0 Å². The topological polar surface area (TPSA) is 92.1 Å². The van der Waals surface area contributed by atoms with Crippen LogP contribution in [0.2, 0.25) is 0 Å². The molecule has 0 saturated heterocycles. The Balaban J connectivity index is 5.34. The van der Waals surface area contributed by atoms with Gasteiger partial charge in [-0.25, -0.2) is 0 Å². The minimum Gasteiger partial charge on any atom is -0.465 e. The molecule has 0 N–H and O–H groups in total. The zero-order valence-electron chi connectivity index (χ0n) is 12.1. The number of thioether (sulfide) groups is 1. The molecule has 108 valence electrons. The van der Waals surface area contributed by atoms with E-state index >= 15 is 0 Å². The van der Waals surface area contributed by atoms with E-state index in [0.29, 0.717) is 0 Å². The van der Waals surface area contributed by atoms with Crippen molar-refractivity contribution < 1.29 is 14.3 Å². The molecule has 7 heteroatoms. The highest BCUT2D eigenvalue weighted by atomic mass is 32.2. The van der Waals surface area contributed by atoms with Crippen molar-refractivity contribution in [1.82, 2.24) is 0 Å². The van der Waals surface area contributed by atoms with Gasteiger partial charge in [0.05, 0.1) is 6.61 Å². The molecule has 0 aliphatic heterocycles. The number of amides is 1. The number of ether oxygens (including phenoxy) is 1. The van der Waals surface area contributed by atoms with Gasteiger partial charge in [-0.15, -0.1) is 0 Å². The molecular formula is C12H21N3O3S. The monoisotopic (exact) mass is 287 g/mol. The lowest BCUT2D eigenvalue weighted by molar-refractivity contribution is -0.158. The van der Waals surface area contributed by atoms with E-state index in [0.717, 1.165) is 0 Å². The maximum absolute atomic E-state index is 12.1. The van der Waals surface area contributed by atoms with E-state index < -0.39 is 17.3 Å². The summed E-state index contributed by atoms with van der Waals surface area (Å²) in [5.74, 6) is -1.15. The van der Waals surface area contributed by atoms with Gasteiger partial charge in [-0.2, -0.15) is 11.8 Å². The van der Waals surface area contributed by atoms with E-state index in [1.54, 1.807) is 13.8 Å². The molecule has 0 fully saturated rings. The maximum Gasteiger partial charge on any atom is 0.320 e. The summed E-state index contributed by atoms with van der Waals surface area (Å²) >= 11 is 1.47. The second kappa shape index (κ2) is 7.40. The maximum atomic E-state index is 12.1. The molecule has 1 atom stereocenters. The summed E-state index contributed by atoms with van der Waals surface area (Å²) < 4.78 is 4.87. The van der Waals surface area contributed by atoms with Gasteiger partial charge >= 0.3 is 5.97 Å². The van der Waals surface area contributed by atoms with E-state index in [-0.39, 0.29) is 23.5 Å². The van der Waals surface area contributed by atoms with E-state index in [2.05, 4.69) is 10.0 Å². The minimum atomic E-state index is -1.39. The normalized spacial score (nSPS) is 14.2. The Labute approximate surface area is 117 Å². The average molecular weight is 287 g/mol. The van der Waals surface area contributed by atoms with Gasteiger partial charge in [-0.1, -0.05) is 27.7 Å². The van der Waals surface area contributed by atoms with Gasteiger partial charge in [0.15, 0.2) is 0 Å². The van der Waals surface area contributed by atoms with Crippen molar-refractivity contribution in [3.63, 3.8) is 0 Å². The Morgan fingerprint density at radius 2 is 1.89 bits per heavy atom. The van der Waals surface area contributed by atoms with Gasteiger partial charge in [0.2, 0.25) is 5.91 Å². The van der Waals surface area contributed by atoms with Crippen LogP contribution >= 0.6 is 11.8 Å². The van der Waals surface area contributed by atoms with Crippen molar-refractivity contribution in [3.8, 4) is 0 Å². The van der Waals surface area contributed by atoms with Crippen LogP contribution < -0.4 is 0 Å². The van der Waals surface area contributed by atoms with Crippen molar-refractivity contribution in [1.29, 1.82) is 0 Å². The zero-order valence-corrected chi connectivity index (χ0v) is 12.9. The fourth-order valence-electron chi connectivity index (χ4n) is 1.35. The molecule has 0 bridgehead atoms. The molecule has 0 heterocycles. The van der Waals surface area contributed by atoms with Gasteiger partial charge in [0.25, 0.3) is 0 Å². The summed E-state index contributed by atoms with van der Waals surface area (Å²) in [6.45, 7) is 9.53. The van der Waals surface area contributed by atoms with E-state index in [4.69, 9.17) is 10.3 Å². The van der Waals surface area contributed by atoms with Crippen LogP contribution in [0.25, 0.3) is 10.4 Å². The predicted molar refractivity (Wildman–Crippen MR) is 75.7 cm³/mol. The molecule has 0 aliphatic carbocycles. The fraction of sp³-hybridized carbons (Fsp3) is 0.833. The highest BCUT2D eigenvalue weighted by Gasteiger charge is 2.45. The van der Waals surface area contributed by atoms with Crippen LogP contribution in [0.1, 0.15) is 41.0 Å². The second-order valence-electron chi connectivity index (χ2n) is 5.05. The Morgan fingerprint density at radius 1 is 1.32 bits per heavy atom. The quantitative estimate of drug-likeness (QED) is 0.246. The summed E-state index contributed by atoms with van der Waals surface area (Å²) in [5, 5.41) is 3.10. The van der Waals surface area contributed by atoms with Crippen molar-refractivity contribution in [2.75, 3.05) is 12.4 Å². The third-order valence-corrected chi connectivity index (χ3v) is 4.07. The van der Waals surface area contributed by atoms with Crippen LogP contribution in [-0.2, 0) is 14.3 Å². The highest BCUT2D eigenvalue weighted by Crippen LogP contribution is 2.36. The summed E-state index contributed by atoms with van der Waals surface area (Å²) in [6.07, 6.45) is 0.243. The molecule has 0 radical (unpaired) electrons. The van der Waals surface area contributed by atoms with E-state index in [1.165, 1.54) is 11.8 Å². The number of carbonyl (C=O) groups is 2. The number of rotatable bonds is 6. The number of hydrogen-bond acceptors (Lipinski definition) is 4. The van der Waals surface area contributed by atoms with Crippen LogP contribution in [0.15, 0.2) is 5.11 Å². The number of hydrogen-bond donors (Lipinski definition) is 0. The SMILES string of the molecule is CCOC(=O)C(CC)(CSC(C)(C)C)C(=O)N=[N+]=[N-]. The first-order valence-electron chi connectivity index (χ1n) is 6.14. The number of azide groups is 1. The van der Waals surface area contributed by atoms with E-state index in [9.17, 15) is 9.59 Å². The van der Waals surface area contributed by atoms with Crippen molar-refractivity contribution in [2.45, 2.75) is 45.8 Å². The standard InChI is InChI=1S/C12H21N3O3S/c1-6-12(9(16)14-15-13,10(17)18-7-2)8-19-11(3,4)5/h6-8H2,1-5H3. The van der Waals surface area contributed by atoms with Crippen molar-refractivity contribution in [2.24, 2.45) is 10.5 Å². The third-order valence-electron chi connectivity index (χ3n) is 2.57. The van der Waals surface area contributed by atoms with Crippen LogP contribution in [-0.4, -0.2) is 29.0 Å². The second-order valence-corrected chi connectivity index (χ2v) is 6.85. The van der Waals surface area contributed by atoms with Crippen molar-refractivity contribution >= 4 is 23.6 Å². The molecule has 0 rings (SSSR count). The Kier molecular flexibility index (Phi) is 6.94. The number of esters is 1. The molecule has 6 nitrogen and oxygen atoms in total. The average Bonchev–Trinajstić information content (AvgIpc) is 2.29. The Bertz CT molecular complexity index is 386. The predicted octanol–water partition coefficient (Wildman–Crippen LogP) is 3.31. The molecule has 0 aromatic carbocycles. The van der Waals surface area contributed by atoms with Gasteiger partial charge < -0.3 is 4.74 Å². The summed E-state index contributed by atoms with van der Waals surface area (Å²) in [5.41, 5.74) is 7.03. The third kappa shape index (κ3) is 5.12. The zero-order chi connectivity index (χ0) is 15.1. The molecular weight excluding hydrogens is 266 g/mol. The molecule has 19 heavy (non-hydrogen) atoms. The molecule has 0 spiro atoms. The van der Waals surface area contributed by atoms with Gasteiger partial charge in [0.1, 0.15) is 5.41 Å². The van der Waals surface area contributed by atoms with Gasteiger partial charge in [-0.05, 0) is 24.0 Å². The molecule has 0 saturated carbocycles. The Morgan fingerprint density at radius 3 is 2.26 bits per heavy atom. The van der Waals surface area contributed by atoms with Gasteiger partial charge in [-0.3, -0.25) is 9.59 Å².